The second-order valence-electron chi connectivity index (χ2n) is 8.10. The molecule has 4 nitrogen and oxygen atoms in total. The molecule has 4 rings (SSSR count). The van der Waals surface area contributed by atoms with E-state index in [2.05, 4.69) is 59.2 Å². The zero-order chi connectivity index (χ0) is 21.5. The third kappa shape index (κ3) is 5.40. The van der Waals surface area contributed by atoms with Gasteiger partial charge in [-0.25, -0.2) is 0 Å². The molecule has 2 N–H and O–H groups in total. The van der Waals surface area contributed by atoms with E-state index < -0.39 is 0 Å². The number of para-hydroxylation sites is 1. The summed E-state index contributed by atoms with van der Waals surface area (Å²) in [4.78, 5) is 24.8. The van der Waals surface area contributed by atoms with E-state index in [4.69, 9.17) is 0 Å². The summed E-state index contributed by atoms with van der Waals surface area (Å²) in [5.74, 6) is 0.108. The number of nitrogens with one attached hydrogen (secondary N) is 2. The number of fused-ring (bicyclic) bond motifs is 1. The van der Waals surface area contributed by atoms with E-state index in [1.54, 1.807) is 0 Å². The molecule has 1 heterocycles. The third-order valence-corrected chi connectivity index (χ3v) is 5.99. The third-order valence-electron chi connectivity index (χ3n) is 5.99. The quantitative estimate of drug-likeness (QED) is 0.552. The maximum atomic E-state index is 12.4. The zero-order valence-electron chi connectivity index (χ0n) is 17.6. The molecule has 0 fully saturated rings. The van der Waals surface area contributed by atoms with Crippen molar-refractivity contribution in [3.63, 3.8) is 0 Å². The van der Waals surface area contributed by atoms with Gasteiger partial charge in [0.25, 0.3) is 0 Å². The van der Waals surface area contributed by atoms with Crippen LogP contribution in [0.15, 0.2) is 84.9 Å². The molecule has 31 heavy (non-hydrogen) atoms. The van der Waals surface area contributed by atoms with Gasteiger partial charge >= 0.3 is 0 Å². The summed E-state index contributed by atoms with van der Waals surface area (Å²) in [6.07, 6.45) is 2.45. The van der Waals surface area contributed by atoms with Gasteiger partial charge in [-0.15, -0.1) is 0 Å². The molecule has 3 aromatic carbocycles. The van der Waals surface area contributed by atoms with Crippen molar-refractivity contribution >= 4 is 17.5 Å². The highest BCUT2D eigenvalue weighted by molar-refractivity contribution is 5.96. The Hall–Kier alpha value is -3.40. The van der Waals surface area contributed by atoms with Crippen LogP contribution >= 0.6 is 0 Å². The molecule has 0 saturated carbocycles. The summed E-state index contributed by atoms with van der Waals surface area (Å²) in [5.41, 5.74) is 4.53. The number of anilines is 1. The van der Waals surface area contributed by atoms with Gasteiger partial charge in [0.05, 0.1) is 0 Å². The Morgan fingerprint density at radius 1 is 0.903 bits per heavy atom. The van der Waals surface area contributed by atoms with Crippen LogP contribution in [0.3, 0.4) is 0 Å². The van der Waals surface area contributed by atoms with Crippen LogP contribution in [0.5, 0.6) is 0 Å². The van der Waals surface area contributed by atoms with Crippen molar-refractivity contribution in [2.45, 2.75) is 31.6 Å². The van der Waals surface area contributed by atoms with Crippen LogP contribution in [0.1, 0.15) is 41.9 Å². The highest BCUT2D eigenvalue weighted by atomic mass is 16.2. The highest BCUT2D eigenvalue weighted by Gasteiger charge is 2.26. The predicted molar refractivity (Wildman–Crippen MR) is 124 cm³/mol. The van der Waals surface area contributed by atoms with Gasteiger partial charge in [-0.05, 0) is 42.0 Å². The average molecular weight is 413 g/mol. The number of hydrogen-bond acceptors (Lipinski definition) is 2. The number of carbonyl (C=O) groups excluding carboxylic acids is 2. The maximum absolute atomic E-state index is 12.4. The first-order valence-electron chi connectivity index (χ1n) is 11.0. The number of amides is 2. The van der Waals surface area contributed by atoms with E-state index in [0.29, 0.717) is 25.8 Å². The molecule has 0 bridgehead atoms. The molecule has 0 saturated heterocycles. The van der Waals surface area contributed by atoms with E-state index >= 15 is 0 Å². The van der Waals surface area contributed by atoms with Crippen LogP contribution in [-0.4, -0.2) is 18.4 Å². The van der Waals surface area contributed by atoms with Crippen LogP contribution in [0.25, 0.3) is 0 Å². The monoisotopic (exact) mass is 412 g/mol. The van der Waals surface area contributed by atoms with Crippen molar-refractivity contribution in [2.24, 2.45) is 5.92 Å². The summed E-state index contributed by atoms with van der Waals surface area (Å²) in [6, 6.07) is 28.7. The van der Waals surface area contributed by atoms with Crippen molar-refractivity contribution in [1.82, 2.24) is 5.32 Å². The maximum Gasteiger partial charge on any atom is 0.227 e. The molecular weight excluding hydrogens is 384 g/mol. The van der Waals surface area contributed by atoms with Crippen molar-refractivity contribution < 1.29 is 9.59 Å². The number of rotatable bonds is 8. The summed E-state index contributed by atoms with van der Waals surface area (Å²) < 4.78 is 0. The molecule has 0 radical (unpaired) electrons. The van der Waals surface area contributed by atoms with E-state index in [1.807, 2.05) is 36.4 Å². The SMILES string of the molecule is O=C(CCC1Cc2ccccc2NC1=O)NCCC(c1ccccc1)c1ccccc1. The molecule has 1 aliphatic heterocycles. The zero-order valence-corrected chi connectivity index (χ0v) is 17.6. The Kier molecular flexibility index (Phi) is 6.78. The Labute approximate surface area is 183 Å². The highest BCUT2D eigenvalue weighted by Crippen LogP contribution is 2.28. The van der Waals surface area contributed by atoms with Gasteiger partial charge in [0.15, 0.2) is 0 Å². The molecule has 0 aromatic heterocycles. The minimum atomic E-state index is -0.151. The fourth-order valence-electron chi connectivity index (χ4n) is 4.29. The summed E-state index contributed by atoms with van der Waals surface area (Å²) in [6.45, 7) is 0.604. The van der Waals surface area contributed by atoms with Crippen LogP contribution in [0, 0.1) is 5.92 Å². The number of benzene rings is 3. The smallest absolute Gasteiger partial charge is 0.227 e. The van der Waals surface area contributed by atoms with E-state index in [9.17, 15) is 9.59 Å². The van der Waals surface area contributed by atoms with Crippen molar-refractivity contribution in [2.75, 3.05) is 11.9 Å². The molecule has 3 aromatic rings. The van der Waals surface area contributed by atoms with Gasteiger partial charge in [-0.1, -0.05) is 78.9 Å². The minimum absolute atomic E-state index is 0.00605. The minimum Gasteiger partial charge on any atom is -0.356 e. The lowest BCUT2D eigenvalue weighted by molar-refractivity contribution is -0.122. The molecule has 4 heteroatoms. The largest absolute Gasteiger partial charge is 0.356 e. The van der Waals surface area contributed by atoms with E-state index in [-0.39, 0.29) is 23.7 Å². The summed E-state index contributed by atoms with van der Waals surface area (Å²) >= 11 is 0. The Morgan fingerprint density at radius 2 is 1.52 bits per heavy atom. The molecule has 2 amide bonds. The lowest BCUT2D eigenvalue weighted by Gasteiger charge is -2.24. The second-order valence-corrected chi connectivity index (χ2v) is 8.10. The van der Waals surface area contributed by atoms with E-state index in [1.165, 1.54) is 11.1 Å². The summed E-state index contributed by atoms with van der Waals surface area (Å²) in [5, 5.41) is 6.01. The first-order valence-corrected chi connectivity index (χ1v) is 11.0. The molecule has 0 aliphatic carbocycles. The van der Waals surface area contributed by atoms with Gasteiger partial charge in [0.2, 0.25) is 11.8 Å². The molecule has 1 unspecified atom stereocenters. The van der Waals surface area contributed by atoms with Gasteiger partial charge in [0, 0.05) is 30.5 Å². The standard InChI is InChI=1S/C27H28N2O2/c30-26(16-15-23-19-22-13-7-8-14-25(22)29-27(23)31)28-18-17-24(20-9-3-1-4-10-20)21-11-5-2-6-12-21/h1-14,23-24H,15-19H2,(H,28,30)(H,29,31). The predicted octanol–water partition coefficient (Wildman–Crippen LogP) is 4.92. The Balaban J connectivity index is 1.29. The van der Waals surface area contributed by atoms with Gasteiger partial charge in [-0.2, -0.15) is 0 Å². The molecule has 1 aliphatic rings. The van der Waals surface area contributed by atoms with Gasteiger partial charge in [0.1, 0.15) is 0 Å². The van der Waals surface area contributed by atoms with Gasteiger partial charge < -0.3 is 10.6 Å². The van der Waals surface area contributed by atoms with E-state index in [0.717, 1.165) is 17.7 Å². The lowest BCUT2D eigenvalue weighted by atomic mass is 9.88. The second kappa shape index (κ2) is 10.1. The lowest BCUT2D eigenvalue weighted by Crippen LogP contribution is -2.32. The molecule has 1 atom stereocenters. The van der Waals surface area contributed by atoms with Crippen LogP contribution in [0.2, 0.25) is 0 Å². The van der Waals surface area contributed by atoms with Crippen LogP contribution in [0.4, 0.5) is 5.69 Å². The number of hydrogen-bond donors (Lipinski definition) is 2. The van der Waals surface area contributed by atoms with Crippen molar-refractivity contribution in [1.29, 1.82) is 0 Å². The normalized spacial score (nSPS) is 15.3. The fraction of sp³-hybridized carbons (Fsp3) is 0.259. The van der Waals surface area contributed by atoms with Crippen LogP contribution in [-0.2, 0) is 16.0 Å². The summed E-state index contributed by atoms with van der Waals surface area (Å²) in [7, 11) is 0. The van der Waals surface area contributed by atoms with Crippen molar-refractivity contribution in [3.8, 4) is 0 Å². The first-order chi connectivity index (χ1) is 15.2. The Morgan fingerprint density at radius 3 is 2.19 bits per heavy atom. The topological polar surface area (TPSA) is 58.2 Å². The average Bonchev–Trinajstić information content (AvgIpc) is 2.81. The number of carbonyl (C=O) groups is 2. The molecule has 0 spiro atoms. The molecule has 158 valence electrons. The molecular formula is C27H28N2O2. The first kappa shape index (κ1) is 20.9. The van der Waals surface area contributed by atoms with Gasteiger partial charge in [-0.3, -0.25) is 9.59 Å². The fourth-order valence-corrected chi connectivity index (χ4v) is 4.29. The Bertz CT molecular complexity index is 978. The van der Waals surface area contributed by atoms with Crippen molar-refractivity contribution in [3.05, 3.63) is 102 Å². The van der Waals surface area contributed by atoms with Crippen LogP contribution < -0.4 is 10.6 Å².